The largest absolute Gasteiger partial charge is 0.385 e. The Kier molecular flexibility index (Phi) is 7.46. The second-order valence-electron chi connectivity index (χ2n) is 4.67. The Morgan fingerprint density at radius 1 is 1.17 bits per heavy atom. The number of rotatable bonds is 9. The number of benzene rings is 1. The van der Waals surface area contributed by atoms with Gasteiger partial charge in [0, 0.05) is 25.9 Å². The molecule has 0 amide bonds. The lowest BCUT2D eigenvalue weighted by Crippen LogP contribution is -2.08. The van der Waals surface area contributed by atoms with Gasteiger partial charge in [0.25, 0.3) is 0 Å². The molecule has 3 nitrogen and oxygen atoms in total. The van der Waals surface area contributed by atoms with Gasteiger partial charge in [0.2, 0.25) is 0 Å². The van der Waals surface area contributed by atoms with Crippen LogP contribution in [0.5, 0.6) is 0 Å². The van der Waals surface area contributed by atoms with Gasteiger partial charge in [-0.25, -0.2) is 0 Å². The summed E-state index contributed by atoms with van der Waals surface area (Å²) in [5.41, 5.74) is 2.56. The van der Waals surface area contributed by atoms with Gasteiger partial charge in [-0.1, -0.05) is 26.0 Å². The van der Waals surface area contributed by atoms with E-state index >= 15 is 0 Å². The molecule has 3 heteroatoms. The molecule has 1 rings (SSSR count). The van der Waals surface area contributed by atoms with Crippen molar-refractivity contribution in [1.82, 2.24) is 0 Å². The van der Waals surface area contributed by atoms with Crippen molar-refractivity contribution in [3.63, 3.8) is 0 Å². The maximum Gasteiger partial charge on any atom is 0.0700 e. The van der Waals surface area contributed by atoms with E-state index in [1.54, 1.807) is 7.11 Å². The first kappa shape index (κ1) is 15.0. The van der Waals surface area contributed by atoms with Crippen molar-refractivity contribution < 1.29 is 9.47 Å². The highest BCUT2D eigenvalue weighted by Gasteiger charge is 1.99. The van der Waals surface area contributed by atoms with E-state index in [0.717, 1.165) is 19.6 Å². The molecule has 0 spiro atoms. The number of hydrogen-bond acceptors (Lipinski definition) is 3. The van der Waals surface area contributed by atoms with Crippen molar-refractivity contribution in [3.8, 4) is 0 Å². The van der Waals surface area contributed by atoms with Crippen molar-refractivity contribution in [2.45, 2.75) is 26.2 Å². The van der Waals surface area contributed by atoms with Gasteiger partial charge in [0.1, 0.15) is 0 Å². The Bertz CT molecular complexity index is 326. The second kappa shape index (κ2) is 8.95. The van der Waals surface area contributed by atoms with E-state index in [-0.39, 0.29) is 0 Å². The highest BCUT2D eigenvalue weighted by Crippen LogP contribution is 2.18. The summed E-state index contributed by atoms with van der Waals surface area (Å²) in [6, 6.07) is 8.60. The topological polar surface area (TPSA) is 30.5 Å². The third kappa shape index (κ3) is 6.03. The van der Waals surface area contributed by atoms with E-state index in [9.17, 15) is 0 Å². The maximum atomic E-state index is 5.41. The van der Waals surface area contributed by atoms with Crippen molar-refractivity contribution in [1.29, 1.82) is 0 Å². The van der Waals surface area contributed by atoms with E-state index < -0.39 is 0 Å². The smallest absolute Gasteiger partial charge is 0.0700 e. The van der Waals surface area contributed by atoms with Crippen LogP contribution in [0, 0.1) is 0 Å². The lowest BCUT2D eigenvalue weighted by molar-refractivity contribution is 0.0705. The first-order chi connectivity index (χ1) is 8.74. The van der Waals surface area contributed by atoms with Crippen LogP contribution in [0.4, 0.5) is 5.69 Å². The zero-order chi connectivity index (χ0) is 13.2. The van der Waals surface area contributed by atoms with Crippen LogP contribution in [0.25, 0.3) is 0 Å². The molecule has 102 valence electrons. The Hall–Kier alpha value is -1.06. The van der Waals surface area contributed by atoms with Crippen molar-refractivity contribution in [2.24, 2.45) is 0 Å². The molecule has 0 saturated heterocycles. The molecule has 18 heavy (non-hydrogen) atoms. The number of anilines is 1. The van der Waals surface area contributed by atoms with Crippen LogP contribution in [0.3, 0.4) is 0 Å². The molecule has 1 aromatic carbocycles. The Balaban J connectivity index is 2.17. The maximum absolute atomic E-state index is 5.41. The predicted molar refractivity (Wildman–Crippen MR) is 76.3 cm³/mol. The van der Waals surface area contributed by atoms with Gasteiger partial charge in [0.15, 0.2) is 0 Å². The molecule has 1 aromatic rings. The third-order valence-corrected chi connectivity index (χ3v) is 2.78. The Morgan fingerprint density at radius 2 is 2.00 bits per heavy atom. The first-order valence-electron chi connectivity index (χ1n) is 6.64. The van der Waals surface area contributed by atoms with E-state index in [1.165, 1.54) is 11.3 Å². The van der Waals surface area contributed by atoms with Gasteiger partial charge in [-0.2, -0.15) is 0 Å². The van der Waals surface area contributed by atoms with Gasteiger partial charge in [-0.15, -0.1) is 0 Å². The predicted octanol–water partition coefficient (Wildman–Crippen LogP) is 3.28. The molecule has 0 radical (unpaired) electrons. The summed E-state index contributed by atoms with van der Waals surface area (Å²) in [5, 5.41) is 3.42. The minimum absolute atomic E-state index is 0.573. The summed E-state index contributed by atoms with van der Waals surface area (Å²) in [4.78, 5) is 0. The first-order valence-corrected chi connectivity index (χ1v) is 6.64. The van der Waals surface area contributed by atoms with Crippen LogP contribution < -0.4 is 5.32 Å². The summed E-state index contributed by atoms with van der Waals surface area (Å²) in [5.74, 6) is 0.573. The van der Waals surface area contributed by atoms with E-state index in [2.05, 4.69) is 43.4 Å². The SMILES string of the molecule is COCCOCCCNc1cccc(C(C)C)c1. The summed E-state index contributed by atoms with van der Waals surface area (Å²) >= 11 is 0. The van der Waals surface area contributed by atoms with Gasteiger partial charge in [0.05, 0.1) is 13.2 Å². The normalized spacial score (nSPS) is 10.9. The summed E-state index contributed by atoms with van der Waals surface area (Å²) in [6.07, 6.45) is 1.01. The zero-order valence-electron chi connectivity index (χ0n) is 11.7. The lowest BCUT2D eigenvalue weighted by Gasteiger charge is -2.10. The number of hydrogen-bond donors (Lipinski definition) is 1. The average Bonchev–Trinajstić information content (AvgIpc) is 2.38. The fraction of sp³-hybridized carbons (Fsp3) is 0.600. The van der Waals surface area contributed by atoms with Crippen LogP contribution in [-0.2, 0) is 9.47 Å². The minimum atomic E-state index is 0.573. The molecule has 0 aromatic heterocycles. The van der Waals surface area contributed by atoms with Crippen LogP contribution in [-0.4, -0.2) is 33.5 Å². The van der Waals surface area contributed by atoms with Crippen LogP contribution in [0.2, 0.25) is 0 Å². The van der Waals surface area contributed by atoms with Gasteiger partial charge >= 0.3 is 0 Å². The summed E-state index contributed by atoms with van der Waals surface area (Å²) in [6.45, 7) is 7.49. The second-order valence-corrected chi connectivity index (χ2v) is 4.67. The minimum Gasteiger partial charge on any atom is -0.385 e. The van der Waals surface area contributed by atoms with Crippen molar-refractivity contribution in [2.75, 3.05) is 38.8 Å². The van der Waals surface area contributed by atoms with E-state index in [4.69, 9.17) is 9.47 Å². The van der Waals surface area contributed by atoms with Crippen LogP contribution >= 0.6 is 0 Å². The molecule has 0 aliphatic carbocycles. The molecule has 0 heterocycles. The number of ether oxygens (including phenoxy) is 2. The average molecular weight is 251 g/mol. The van der Waals surface area contributed by atoms with Gasteiger partial charge in [-0.05, 0) is 30.0 Å². The molecular weight excluding hydrogens is 226 g/mol. The Labute approximate surface area is 110 Å². The van der Waals surface area contributed by atoms with E-state index in [1.807, 2.05) is 0 Å². The molecule has 0 aliphatic heterocycles. The lowest BCUT2D eigenvalue weighted by atomic mass is 10.0. The number of methoxy groups -OCH3 is 1. The molecule has 1 N–H and O–H groups in total. The molecule has 0 bridgehead atoms. The quantitative estimate of drug-likeness (QED) is 0.683. The fourth-order valence-corrected chi connectivity index (χ4v) is 1.66. The molecular formula is C15H25NO2. The molecule has 0 saturated carbocycles. The monoisotopic (exact) mass is 251 g/mol. The third-order valence-electron chi connectivity index (χ3n) is 2.78. The standard InChI is InChI=1S/C15H25NO2/c1-13(2)14-6-4-7-15(12-14)16-8-5-9-18-11-10-17-3/h4,6-7,12-13,16H,5,8-11H2,1-3H3. The highest BCUT2D eigenvalue weighted by molar-refractivity contribution is 5.46. The van der Waals surface area contributed by atoms with Crippen LogP contribution in [0.15, 0.2) is 24.3 Å². The van der Waals surface area contributed by atoms with Gasteiger partial charge < -0.3 is 14.8 Å². The van der Waals surface area contributed by atoms with Crippen molar-refractivity contribution >= 4 is 5.69 Å². The van der Waals surface area contributed by atoms with Crippen LogP contribution in [0.1, 0.15) is 31.7 Å². The summed E-state index contributed by atoms with van der Waals surface area (Å²) in [7, 11) is 1.69. The molecule has 0 unspecified atom stereocenters. The van der Waals surface area contributed by atoms with E-state index in [0.29, 0.717) is 19.1 Å². The van der Waals surface area contributed by atoms with Gasteiger partial charge in [-0.3, -0.25) is 0 Å². The molecule has 0 fully saturated rings. The number of nitrogens with one attached hydrogen (secondary N) is 1. The fourth-order valence-electron chi connectivity index (χ4n) is 1.66. The molecule has 0 atom stereocenters. The zero-order valence-corrected chi connectivity index (χ0v) is 11.7. The highest BCUT2D eigenvalue weighted by atomic mass is 16.5. The Morgan fingerprint density at radius 3 is 2.72 bits per heavy atom. The van der Waals surface area contributed by atoms with Crippen molar-refractivity contribution in [3.05, 3.63) is 29.8 Å². The summed E-state index contributed by atoms with van der Waals surface area (Å²) < 4.78 is 10.3. The molecule has 0 aliphatic rings.